The second-order valence-electron chi connectivity index (χ2n) is 7.57. The summed E-state index contributed by atoms with van der Waals surface area (Å²) in [6, 6.07) is 10.4. The van der Waals surface area contributed by atoms with Crippen LogP contribution in [0.5, 0.6) is 0 Å². The van der Waals surface area contributed by atoms with Gasteiger partial charge in [-0.1, -0.05) is 6.92 Å². The average molecular weight is 416 g/mol. The number of ketones is 1. The third-order valence-electron chi connectivity index (χ3n) is 5.54. The topological polar surface area (TPSA) is 76.8 Å². The molecule has 1 saturated heterocycles. The normalized spacial score (nSPS) is 22.9. The van der Waals surface area contributed by atoms with Crippen molar-refractivity contribution in [2.45, 2.75) is 31.1 Å². The molecule has 0 spiro atoms. The summed E-state index contributed by atoms with van der Waals surface area (Å²) in [7, 11) is -3.51. The van der Waals surface area contributed by atoms with E-state index in [4.69, 9.17) is 9.15 Å². The second-order valence-corrected chi connectivity index (χ2v) is 9.51. The molecular weight excluding hydrogens is 390 g/mol. The fourth-order valence-electron chi connectivity index (χ4n) is 3.80. The molecule has 1 aromatic carbocycles. The van der Waals surface area contributed by atoms with Crippen molar-refractivity contribution in [1.82, 2.24) is 4.31 Å². The summed E-state index contributed by atoms with van der Waals surface area (Å²) >= 11 is 0. The molecular formula is C22H25NO5S. The van der Waals surface area contributed by atoms with Crippen molar-refractivity contribution in [3.63, 3.8) is 0 Å². The minimum Gasteiger partial charge on any atom is -0.457 e. The average Bonchev–Trinajstić information content (AvgIpc) is 3.21. The molecule has 2 fully saturated rings. The molecule has 0 radical (unpaired) electrons. The first-order valence-corrected chi connectivity index (χ1v) is 11.4. The van der Waals surface area contributed by atoms with Gasteiger partial charge in [-0.05, 0) is 67.3 Å². The van der Waals surface area contributed by atoms with Gasteiger partial charge >= 0.3 is 0 Å². The highest BCUT2D eigenvalue weighted by Gasteiger charge is 2.26. The third kappa shape index (κ3) is 4.22. The smallest absolute Gasteiger partial charge is 0.243 e. The first kappa shape index (κ1) is 20.1. The maximum absolute atomic E-state index is 12.7. The molecule has 2 aliphatic rings. The van der Waals surface area contributed by atoms with Crippen LogP contribution in [0.2, 0.25) is 0 Å². The van der Waals surface area contributed by atoms with Crippen molar-refractivity contribution in [1.29, 1.82) is 0 Å². The van der Waals surface area contributed by atoms with Crippen LogP contribution in [0.4, 0.5) is 0 Å². The Hall–Kier alpha value is -2.22. The van der Waals surface area contributed by atoms with E-state index in [2.05, 4.69) is 0 Å². The lowest BCUT2D eigenvalue weighted by molar-refractivity contribution is -0.119. The van der Waals surface area contributed by atoms with Gasteiger partial charge in [-0.15, -0.1) is 0 Å². The molecule has 2 heterocycles. The Morgan fingerprint density at radius 1 is 1.07 bits per heavy atom. The van der Waals surface area contributed by atoms with Gasteiger partial charge in [0, 0.05) is 24.6 Å². The highest BCUT2D eigenvalue weighted by atomic mass is 32.2. The summed E-state index contributed by atoms with van der Waals surface area (Å²) in [5.41, 5.74) is 1.61. The van der Waals surface area contributed by atoms with Gasteiger partial charge in [0.1, 0.15) is 11.5 Å². The Morgan fingerprint density at radius 3 is 2.52 bits per heavy atom. The Morgan fingerprint density at radius 2 is 1.79 bits per heavy atom. The summed E-state index contributed by atoms with van der Waals surface area (Å²) in [6.07, 6.45) is 4.58. The number of carbonyl (C=O) groups is 1. The fourth-order valence-corrected chi connectivity index (χ4v) is 5.21. The van der Waals surface area contributed by atoms with Crippen LogP contribution in [-0.2, 0) is 19.6 Å². The number of benzene rings is 1. The van der Waals surface area contributed by atoms with E-state index in [1.807, 2.05) is 25.1 Å². The van der Waals surface area contributed by atoms with Crippen molar-refractivity contribution in [2.24, 2.45) is 5.92 Å². The van der Waals surface area contributed by atoms with E-state index in [1.54, 1.807) is 24.3 Å². The van der Waals surface area contributed by atoms with Gasteiger partial charge in [-0.25, -0.2) is 8.42 Å². The van der Waals surface area contributed by atoms with E-state index < -0.39 is 10.0 Å². The summed E-state index contributed by atoms with van der Waals surface area (Å²) in [4.78, 5) is 12.6. The number of carbonyl (C=O) groups excluding carboxylic acids is 1. The number of furan rings is 1. The summed E-state index contributed by atoms with van der Waals surface area (Å²) in [5.74, 6) is 1.56. The molecule has 1 aliphatic heterocycles. The number of Topliss-reactive ketones (excluding diaryl/α,β-unsaturated/α-hetero) is 1. The monoisotopic (exact) mass is 415 g/mol. The summed E-state index contributed by atoms with van der Waals surface area (Å²) in [6.45, 7) is 3.55. The van der Waals surface area contributed by atoms with Crippen molar-refractivity contribution in [3.8, 4) is 11.3 Å². The number of sulfonamides is 1. The lowest BCUT2D eigenvalue weighted by atomic mass is 9.85. The van der Waals surface area contributed by atoms with Crippen LogP contribution in [0.1, 0.15) is 31.9 Å². The molecule has 0 bridgehead atoms. The standard InChI is InChI=1S/C22H25NO5S/c1-16-3-2-4-18(22(16)24)15-19-7-10-21(28-19)17-5-8-20(9-6-17)29(25,26)23-11-13-27-14-12-23/h5-10,15-16H,2-4,11-14H2,1H3/b18-15-/t16-/m1/s1. The van der Waals surface area contributed by atoms with Gasteiger partial charge in [0.15, 0.2) is 5.78 Å². The van der Waals surface area contributed by atoms with Crippen LogP contribution in [0.25, 0.3) is 17.4 Å². The Balaban J connectivity index is 1.52. The SMILES string of the molecule is C[C@@H]1CCC/C(=C/c2ccc(-c3ccc(S(=O)(=O)N4CCOCC4)cc3)o2)C1=O. The first-order valence-electron chi connectivity index (χ1n) is 9.98. The molecule has 0 unspecified atom stereocenters. The minimum atomic E-state index is -3.51. The number of nitrogens with zero attached hydrogens (tertiary/aromatic N) is 1. The van der Waals surface area contributed by atoms with E-state index >= 15 is 0 Å². The van der Waals surface area contributed by atoms with Gasteiger partial charge < -0.3 is 9.15 Å². The van der Waals surface area contributed by atoms with Crippen molar-refractivity contribution in [2.75, 3.05) is 26.3 Å². The number of hydrogen-bond acceptors (Lipinski definition) is 5. The van der Waals surface area contributed by atoms with E-state index in [9.17, 15) is 13.2 Å². The molecule has 7 heteroatoms. The summed E-state index contributed by atoms with van der Waals surface area (Å²) < 4.78 is 38.0. The van der Waals surface area contributed by atoms with Gasteiger partial charge in [-0.3, -0.25) is 4.79 Å². The molecule has 0 amide bonds. The van der Waals surface area contributed by atoms with E-state index in [-0.39, 0.29) is 16.6 Å². The largest absolute Gasteiger partial charge is 0.457 e. The first-order chi connectivity index (χ1) is 13.9. The molecule has 1 aromatic heterocycles. The predicted octanol–water partition coefficient (Wildman–Crippen LogP) is 3.74. The Labute approximate surface area is 171 Å². The molecule has 1 aliphatic carbocycles. The quantitative estimate of drug-likeness (QED) is 0.711. The molecule has 1 saturated carbocycles. The Kier molecular flexibility index (Phi) is 5.72. The maximum Gasteiger partial charge on any atom is 0.243 e. The van der Waals surface area contributed by atoms with Crippen LogP contribution in [0.3, 0.4) is 0 Å². The van der Waals surface area contributed by atoms with Crippen molar-refractivity contribution in [3.05, 3.63) is 47.7 Å². The van der Waals surface area contributed by atoms with Gasteiger partial charge in [0.25, 0.3) is 0 Å². The van der Waals surface area contributed by atoms with Crippen LogP contribution in [-0.4, -0.2) is 44.8 Å². The lowest BCUT2D eigenvalue weighted by Gasteiger charge is -2.26. The van der Waals surface area contributed by atoms with E-state index in [0.29, 0.717) is 37.8 Å². The van der Waals surface area contributed by atoms with E-state index in [0.717, 1.165) is 30.4 Å². The van der Waals surface area contributed by atoms with Crippen LogP contribution < -0.4 is 0 Å². The zero-order valence-corrected chi connectivity index (χ0v) is 17.3. The molecule has 4 rings (SSSR count). The molecule has 2 aromatic rings. The Bertz CT molecular complexity index is 1010. The zero-order valence-electron chi connectivity index (χ0n) is 16.5. The molecule has 154 valence electrons. The number of hydrogen-bond donors (Lipinski definition) is 0. The van der Waals surface area contributed by atoms with Gasteiger partial charge in [0.05, 0.1) is 18.1 Å². The molecule has 6 nitrogen and oxygen atoms in total. The predicted molar refractivity (Wildman–Crippen MR) is 110 cm³/mol. The molecule has 0 N–H and O–H groups in total. The number of ether oxygens (including phenoxy) is 1. The second kappa shape index (κ2) is 8.26. The molecule has 1 atom stereocenters. The maximum atomic E-state index is 12.7. The highest BCUT2D eigenvalue weighted by molar-refractivity contribution is 7.89. The van der Waals surface area contributed by atoms with Crippen molar-refractivity contribution < 1.29 is 22.4 Å². The number of rotatable bonds is 4. The summed E-state index contributed by atoms with van der Waals surface area (Å²) in [5, 5.41) is 0. The zero-order chi connectivity index (χ0) is 20.4. The van der Waals surface area contributed by atoms with Crippen LogP contribution >= 0.6 is 0 Å². The van der Waals surface area contributed by atoms with Crippen LogP contribution in [0, 0.1) is 5.92 Å². The van der Waals surface area contributed by atoms with E-state index in [1.165, 1.54) is 4.31 Å². The fraction of sp³-hybridized carbons (Fsp3) is 0.409. The molecule has 29 heavy (non-hydrogen) atoms. The van der Waals surface area contributed by atoms with Gasteiger partial charge in [0.2, 0.25) is 10.0 Å². The number of allylic oxidation sites excluding steroid dienone is 1. The van der Waals surface area contributed by atoms with Gasteiger partial charge in [-0.2, -0.15) is 4.31 Å². The lowest BCUT2D eigenvalue weighted by Crippen LogP contribution is -2.40. The third-order valence-corrected chi connectivity index (χ3v) is 7.45. The highest BCUT2D eigenvalue weighted by Crippen LogP contribution is 2.29. The minimum absolute atomic E-state index is 0.0744. The number of morpholine rings is 1. The van der Waals surface area contributed by atoms with Crippen LogP contribution in [0.15, 0.2) is 51.3 Å². The van der Waals surface area contributed by atoms with Crippen molar-refractivity contribution >= 4 is 21.9 Å².